The molecule has 2 aromatic carbocycles. The predicted molar refractivity (Wildman–Crippen MR) is 76.8 cm³/mol. The van der Waals surface area contributed by atoms with Crippen molar-refractivity contribution in [2.75, 3.05) is 19.9 Å². The summed E-state index contributed by atoms with van der Waals surface area (Å²) in [6.45, 7) is 0.538. The maximum absolute atomic E-state index is 13.4. The molecule has 3 rings (SSSR count). The summed E-state index contributed by atoms with van der Waals surface area (Å²) in [7, 11) is 0. The minimum atomic E-state index is -0.904. The van der Waals surface area contributed by atoms with Crippen LogP contribution in [0.15, 0.2) is 36.4 Å². The summed E-state index contributed by atoms with van der Waals surface area (Å²) in [5.74, 6) is -0.449. The Labute approximate surface area is 130 Å². The van der Waals surface area contributed by atoms with Crippen molar-refractivity contribution in [2.24, 2.45) is 0 Å². The minimum absolute atomic E-state index is 0.171. The number of fused-ring (bicyclic) bond motifs is 1. The zero-order valence-corrected chi connectivity index (χ0v) is 12.0. The van der Waals surface area contributed by atoms with E-state index >= 15 is 0 Å². The lowest BCUT2D eigenvalue weighted by molar-refractivity contribution is 0.0943. The number of rotatable bonds is 5. The first kappa shape index (κ1) is 15.1. The van der Waals surface area contributed by atoms with Crippen LogP contribution in [0.4, 0.5) is 8.78 Å². The van der Waals surface area contributed by atoms with E-state index in [2.05, 4.69) is 5.32 Å². The van der Waals surface area contributed by atoms with Crippen LogP contribution in [0.2, 0.25) is 0 Å². The summed E-state index contributed by atoms with van der Waals surface area (Å²) in [5.41, 5.74) is -0.213. The number of carbonyl (C=O) groups excluding carboxylic acids is 1. The van der Waals surface area contributed by atoms with Gasteiger partial charge in [0.2, 0.25) is 6.79 Å². The first-order valence-electron chi connectivity index (χ1n) is 6.89. The third-order valence-electron chi connectivity index (χ3n) is 3.18. The molecule has 0 aliphatic carbocycles. The number of carbonyl (C=O) groups is 1. The first-order valence-corrected chi connectivity index (χ1v) is 6.89. The number of benzene rings is 2. The van der Waals surface area contributed by atoms with E-state index in [1.54, 1.807) is 18.2 Å². The summed E-state index contributed by atoms with van der Waals surface area (Å²) in [4.78, 5) is 11.8. The Morgan fingerprint density at radius 2 is 1.96 bits per heavy atom. The van der Waals surface area contributed by atoms with Crippen molar-refractivity contribution in [3.05, 3.63) is 53.6 Å². The van der Waals surface area contributed by atoms with Gasteiger partial charge in [-0.15, -0.1) is 0 Å². The van der Waals surface area contributed by atoms with E-state index in [9.17, 15) is 13.6 Å². The first-order chi connectivity index (χ1) is 11.1. The van der Waals surface area contributed by atoms with E-state index in [0.717, 1.165) is 12.1 Å². The molecule has 0 atom stereocenters. The molecule has 0 unspecified atom stereocenters. The Morgan fingerprint density at radius 1 is 1.13 bits per heavy atom. The molecular formula is C16H13F2NO4. The van der Waals surface area contributed by atoms with Crippen LogP contribution in [0, 0.1) is 11.6 Å². The fourth-order valence-electron chi connectivity index (χ4n) is 2.07. The second-order valence-corrected chi connectivity index (χ2v) is 4.74. The Bertz CT molecular complexity index is 736. The average molecular weight is 321 g/mol. The molecule has 0 fully saturated rings. The molecule has 1 aliphatic heterocycles. The Balaban J connectivity index is 1.49. The van der Waals surface area contributed by atoms with E-state index in [1.165, 1.54) is 0 Å². The molecule has 0 saturated carbocycles. The number of nitrogens with one attached hydrogen (secondary N) is 1. The summed E-state index contributed by atoms with van der Waals surface area (Å²) in [6, 6.07) is 7.92. The number of hydrogen-bond acceptors (Lipinski definition) is 4. The normalized spacial score (nSPS) is 12.1. The van der Waals surface area contributed by atoms with Crippen LogP contribution in [-0.4, -0.2) is 25.9 Å². The Kier molecular flexibility index (Phi) is 4.27. The van der Waals surface area contributed by atoms with Crippen LogP contribution in [0.25, 0.3) is 0 Å². The third-order valence-corrected chi connectivity index (χ3v) is 3.18. The fraction of sp³-hybridized carbons (Fsp3) is 0.188. The molecule has 1 amide bonds. The molecule has 2 aromatic rings. The lowest BCUT2D eigenvalue weighted by Crippen LogP contribution is -2.28. The molecule has 1 heterocycles. The van der Waals surface area contributed by atoms with E-state index < -0.39 is 17.5 Å². The zero-order chi connectivity index (χ0) is 16.2. The fourth-order valence-corrected chi connectivity index (χ4v) is 2.07. The molecule has 0 spiro atoms. The topological polar surface area (TPSA) is 56.8 Å². The van der Waals surface area contributed by atoms with E-state index in [1.807, 2.05) is 0 Å². The van der Waals surface area contributed by atoms with E-state index in [-0.39, 0.29) is 25.5 Å². The van der Waals surface area contributed by atoms with Gasteiger partial charge in [-0.25, -0.2) is 8.78 Å². The van der Waals surface area contributed by atoms with E-state index in [0.29, 0.717) is 23.3 Å². The second-order valence-electron chi connectivity index (χ2n) is 4.74. The van der Waals surface area contributed by atoms with Crippen molar-refractivity contribution in [3.8, 4) is 17.2 Å². The Morgan fingerprint density at radius 3 is 2.78 bits per heavy atom. The number of halogens is 2. The highest BCUT2D eigenvalue weighted by molar-refractivity contribution is 5.94. The molecule has 5 nitrogen and oxygen atoms in total. The van der Waals surface area contributed by atoms with Gasteiger partial charge in [0.15, 0.2) is 11.5 Å². The van der Waals surface area contributed by atoms with Crippen molar-refractivity contribution < 1.29 is 27.8 Å². The van der Waals surface area contributed by atoms with Crippen molar-refractivity contribution in [1.29, 1.82) is 0 Å². The molecule has 0 saturated heterocycles. The van der Waals surface area contributed by atoms with E-state index in [4.69, 9.17) is 14.2 Å². The van der Waals surface area contributed by atoms with Crippen LogP contribution in [-0.2, 0) is 0 Å². The van der Waals surface area contributed by atoms with Crippen LogP contribution in [0.3, 0.4) is 0 Å². The van der Waals surface area contributed by atoms with Gasteiger partial charge >= 0.3 is 0 Å². The average Bonchev–Trinajstić information content (AvgIpc) is 2.99. The lowest BCUT2D eigenvalue weighted by Gasteiger charge is -2.09. The van der Waals surface area contributed by atoms with Gasteiger partial charge in [0.05, 0.1) is 12.1 Å². The van der Waals surface area contributed by atoms with Crippen LogP contribution in [0.1, 0.15) is 10.4 Å². The summed E-state index contributed by atoms with van der Waals surface area (Å²) < 4.78 is 42.1. The molecular weight excluding hydrogens is 308 g/mol. The minimum Gasteiger partial charge on any atom is -0.492 e. The second kappa shape index (κ2) is 6.51. The highest BCUT2D eigenvalue weighted by atomic mass is 19.1. The Hall–Kier alpha value is -2.83. The summed E-state index contributed by atoms with van der Waals surface area (Å²) in [6.07, 6.45) is 0. The highest BCUT2D eigenvalue weighted by Crippen LogP contribution is 2.34. The van der Waals surface area contributed by atoms with Crippen molar-refractivity contribution in [2.45, 2.75) is 0 Å². The van der Waals surface area contributed by atoms with Crippen molar-refractivity contribution in [1.82, 2.24) is 5.32 Å². The van der Waals surface area contributed by atoms with Gasteiger partial charge in [-0.3, -0.25) is 4.79 Å². The number of hydrogen-bond donors (Lipinski definition) is 1. The predicted octanol–water partition coefficient (Wildman–Crippen LogP) is 2.50. The maximum atomic E-state index is 13.4. The van der Waals surface area contributed by atoms with Gasteiger partial charge in [-0.1, -0.05) is 0 Å². The summed E-state index contributed by atoms with van der Waals surface area (Å²) in [5, 5.41) is 2.50. The molecule has 23 heavy (non-hydrogen) atoms. The van der Waals surface area contributed by atoms with Crippen molar-refractivity contribution in [3.63, 3.8) is 0 Å². The monoisotopic (exact) mass is 321 g/mol. The molecule has 0 radical (unpaired) electrons. The number of ether oxygens (including phenoxy) is 3. The molecule has 0 aromatic heterocycles. The molecule has 1 aliphatic rings. The largest absolute Gasteiger partial charge is 0.492 e. The molecule has 0 bridgehead atoms. The standard InChI is InChI=1S/C16H13F2NO4/c17-10-1-3-12(13(18)7-10)16(20)19-5-6-21-11-2-4-14-15(8-11)23-9-22-14/h1-4,7-8H,5-6,9H2,(H,19,20). The smallest absolute Gasteiger partial charge is 0.254 e. The molecule has 7 heteroatoms. The molecule has 1 N–H and O–H groups in total. The van der Waals surface area contributed by atoms with Crippen LogP contribution in [0.5, 0.6) is 17.2 Å². The van der Waals surface area contributed by atoms with Gasteiger partial charge in [0, 0.05) is 12.1 Å². The van der Waals surface area contributed by atoms with Gasteiger partial charge in [-0.2, -0.15) is 0 Å². The quantitative estimate of drug-likeness (QED) is 0.860. The van der Waals surface area contributed by atoms with Gasteiger partial charge < -0.3 is 19.5 Å². The maximum Gasteiger partial charge on any atom is 0.254 e. The van der Waals surface area contributed by atoms with Crippen LogP contribution < -0.4 is 19.5 Å². The van der Waals surface area contributed by atoms with Gasteiger partial charge in [0.1, 0.15) is 24.0 Å². The van der Waals surface area contributed by atoms with Gasteiger partial charge in [0.25, 0.3) is 5.91 Å². The lowest BCUT2D eigenvalue weighted by atomic mass is 10.2. The SMILES string of the molecule is O=C(NCCOc1ccc2c(c1)OCO2)c1ccc(F)cc1F. The zero-order valence-electron chi connectivity index (χ0n) is 12.0. The number of amides is 1. The third kappa shape index (κ3) is 3.50. The van der Waals surface area contributed by atoms with Crippen molar-refractivity contribution >= 4 is 5.91 Å². The summed E-state index contributed by atoms with van der Waals surface area (Å²) >= 11 is 0. The van der Waals surface area contributed by atoms with Crippen LogP contribution >= 0.6 is 0 Å². The highest BCUT2D eigenvalue weighted by Gasteiger charge is 2.14. The molecule has 120 valence electrons. The van der Waals surface area contributed by atoms with Gasteiger partial charge in [-0.05, 0) is 24.3 Å².